The number of amidine groups is 1. The highest BCUT2D eigenvalue weighted by Gasteiger charge is 2.24. The minimum atomic E-state index is -0.341. The molecule has 0 unspecified atom stereocenters. The number of thioether (sulfide) groups is 1. The zero-order chi connectivity index (χ0) is 15.5. The van der Waals surface area contributed by atoms with Gasteiger partial charge in [0.25, 0.3) is 5.91 Å². The summed E-state index contributed by atoms with van der Waals surface area (Å²) in [6.45, 7) is 0. The van der Waals surface area contributed by atoms with Gasteiger partial charge in [-0.2, -0.15) is 0 Å². The van der Waals surface area contributed by atoms with Gasteiger partial charge in [0.15, 0.2) is 5.17 Å². The highest BCUT2D eigenvalue weighted by atomic mass is 32.2. The van der Waals surface area contributed by atoms with Gasteiger partial charge in [-0.1, -0.05) is 18.2 Å². The first-order valence-corrected chi connectivity index (χ1v) is 7.26. The highest BCUT2D eigenvalue weighted by Crippen LogP contribution is 2.30. The average Bonchev–Trinajstić information content (AvgIpc) is 2.84. The van der Waals surface area contributed by atoms with Gasteiger partial charge in [-0.05, 0) is 48.2 Å². The molecule has 0 spiro atoms. The fraction of sp³-hybridized carbons (Fsp3) is 0. The lowest BCUT2D eigenvalue weighted by Gasteiger charge is -1.98. The second-order valence-electron chi connectivity index (χ2n) is 4.52. The zero-order valence-corrected chi connectivity index (χ0v) is 12.1. The summed E-state index contributed by atoms with van der Waals surface area (Å²) in [6.07, 6.45) is 1.60. The lowest BCUT2D eigenvalue weighted by molar-refractivity contribution is -0.115. The number of phenolic OH excluding ortho intramolecular Hbond substituents is 1. The number of nitrogens with one attached hydrogen (secondary N) is 1. The number of carbonyl (C=O) groups is 1. The number of carbonyl (C=O) groups excluding carboxylic acids is 1. The minimum absolute atomic E-state index is 0.104. The topological polar surface area (TPSA) is 61.7 Å². The molecule has 0 bridgehead atoms. The Morgan fingerprint density at radius 1 is 1.14 bits per heavy atom. The number of halogens is 1. The normalized spacial score (nSPS) is 18.0. The number of benzene rings is 2. The van der Waals surface area contributed by atoms with E-state index in [1.165, 1.54) is 36.0 Å². The molecule has 2 aromatic carbocycles. The van der Waals surface area contributed by atoms with Crippen LogP contribution in [-0.4, -0.2) is 16.2 Å². The lowest BCUT2D eigenvalue weighted by Crippen LogP contribution is -2.19. The third-order valence-corrected chi connectivity index (χ3v) is 3.84. The molecule has 1 fully saturated rings. The van der Waals surface area contributed by atoms with Crippen LogP contribution in [0.2, 0.25) is 0 Å². The molecule has 2 N–H and O–H groups in total. The fourth-order valence-corrected chi connectivity index (χ4v) is 2.70. The fourth-order valence-electron chi connectivity index (χ4n) is 1.86. The molecule has 1 saturated heterocycles. The summed E-state index contributed by atoms with van der Waals surface area (Å²) < 4.78 is 12.8. The SMILES string of the molecule is O=C1NC(=Nc2ccc(F)cc2)SC1=Cc1ccccc1O. The Kier molecular flexibility index (Phi) is 3.93. The summed E-state index contributed by atoms with van der Waals surface area (Å²) in [5.74, 6) is -0.520. The van der Waals surface area contributed by atoms with Crippen LogP contribution in [0.15, 0.2) is 58.4 Å². The number of para-hydroxylation sites is 1. The van der Waals surface area contributed by atoms with Gasteiger partial charge in [-0.15, -0.1) is 0 Å². The highest BCUT2D eigenvalue weighted by molar-refractivity contribution is 8.18. The quantitative estimate of drug-likeness (QED) is 0.835. The lowest BCUT2D eigenvalue weighted by atomic mass is 10.2. The second kappa shape index (κ2) is 6.03. The summed E-state index contributed by atoms with van der Waals surface area (Å²) in [5.41, 5.74) is 1.11. The molecule has 1 amide bonds. The van der Waals surface area contributed by atoms with Gasteiger partial charge < -0.3 is 10.4 Å². The van der Waals surface area contributed by atoms with Gasteiger partial charge in [0.1, 0.15) is 11.6 Å². The first kappa shape index (κ1) is 14.3. The summed E-state index contributed by atoms with van der Waals surface area (Å²) in [4.78, 5) is 16.6. The van der Waals surface area contributed by atoms with Gasteiger partial charge in [0.05, 0.1) is 10.6 Å². The second-order valence-corrected chi connectivity index (χ2v) is 5.55. The van der Waals surface area contributed by atoms with Crippen LogP contribution in [-0.2, 0) is 4.79 Å². The van der Waals surface area contributed by atoms with Crippen molar-refractivity contribution < 1.29 is 14.3 Å². The summed E-state index contributed by atoms with van der Waals surface area (Å²) in [5, 5.41) is 12.8. The molecule has 3 rings (SSSR count). The van der Waals surface area contributed by atoms with Crippen molar-refractivity contribution in [3.8, 4) is 5.75 Å². The number of amides is 1. The van der Waals surface area contributed by atoms with Gasteiger partial charge in [-0.25, -0.2) is 9.38 Å². The number of aliphatic imine (C=N–C) groups is 1. The molecular weight excluding hydrogens is 303 g/mol. The molecular formula is C16H11FN2O2S. The van der Waals surface area contributed by atoms with Crippen molar-refractivity contribution >= 4 is 34.6 Å². The Balaban J connectivity index is 1.84. The van der Waals surface area contributed by atoms with Crippen LogP contribution in [0.1, 0.15) is 5.56 Å². The van der Waals surface area contributed by atoms with Crippen LogP contribution in [0.25, 0.3) is 6.08 Å². The molecule has 4 nitrogen and oxygen atoms in total. The molecule has 0 radical (unpaired) electrons. The first-order valence-electron chi connectivity index (χ1n) is 6.45. The first-order chi connectivity index (χ1) is 10.6. The van der Waals surface area contributed by atoms with Crippen molar-refractivity contribution in [2.45, 2.75) is 0 Å². The number of hydrogen-bond donors (Lipinski definition) is 2. The minimum Gasteiger partial charge on any atom is -0.507 e. The summed E-state index contributed by atoms with van der Waals surface area (Å²) >= 11 is 1.17. The van der Waals surface area contributed by atoms with Crippen molar-refractivity contribution in [3.05, 3.63) is 64.8 Å². The van der Waals surface area contributed by atoms with Crippen molar-refractivity contribution in [2.75, 3.05) is 0 Å². The van der Waals surface area contributed by atoms with Crippen molar-refractivity contribution in [1.82, 2.24) is 5.32 Å². The van der Waals surface area contributed by atoms with E-state index in [0.29, 0.717) is 21.3 Å². The van der Waals surface area contributed by atoms with Crippen molar-refractivity contribution in [3.63, 3.8) is 0 Å². The van der Waals surface area contributed by atoms with Crippen LogP contribution in [0.3, 0.4) is 0 Å². The van der Waals surface area contributed by atoms with Crippen LogP contribution in [0.5, 0.6) is 5.75 Å². The molecule has 6 heteroatoms. The van der Waals surface area contributed by atoms with Crippen LogP contribution < -0.4 is 5.32 Å². The molecule has 110 valence electrons. The van der Waals surface area contributed by atoms with Gasteiger partial charge in [0.2, 0.25) is 0 Å². The molecule has 0 atom stereocenters. The van der Waals surface area contributed by atoms with Gasteiger partial charge >= 0.3 is 0 Å². The molecule has 0 aromatic heterocycles. The van der Waals surface area contributed by atoms with E-state index in [1.54, 1.807) is 30.3 Å². The smallest absolute Gasteiger partial charge is 0.264 e. The molecule has 1 heterocycles. The van der Waals surface area contributed by atoms with Gasteiger partial charge in [0, 0.05) is 5.56 Å². The average molecular weight is 314 g/mol. The summed E-state index contributed by atoms with van der Waals surface area (Å²) in [7, 11) is 0. The largest absolute Gasteiger partial charge is 0.507 e. The van der Waals surface area contributed by atoms with E-state index in [4.69, 9.17) is 0 Å². The zero-order valence-electron chi connectivity index (χ0n) is 11.3. The molecule has 1 aliphatic heterocycles. The maximum Gasteiger partial charge on any atom is 0.264 e. The van der Waals surface area contributed by atoms with Crippen LogP contribution in [0.4, 0.5) is 10.1 Å². The predicted octanol–water partition coefficient (Wildman–Crippen LogP) is 3.42. The van der Waals surface area contributed by atoms with E-state index < -0.39 is 0 Å². The van der Waals surface area contributed by atoms with E-state index in [9.17, 15) is 14.3 Å². The number of aromatic hydroxyl groups is 1. The Morgan fingerprint density at radius 3 is 2.59 bits per heavy atom. The molecule has 0 aliphatic carbocycles. The molecule has 2 aromatic rings. The Hall–Kier alpha value is -2.60. The Labute approximate surface area is 130 Å². The predicted molar refractivity (Wildman–Crippen MR) is 85.3 cm³/mol. The molecule has 0 saturated carbocycles. The van der Waals surface area contributed by atoms with Gasteiger partial charge in [-0.3, -0.25) is 4.79 Å². The third-order valence-electron chi connectivity index (χ3n) is 2.93. The Morgan fingerprint density at radius 2 is 1.86 bits per heavy atom. The number of phenols is 1. The maximum absolute atomic E-state index is 12.8. The molecule has 1 aliphatic rings. The standard InChI is InChI=1S/C16H11FN2O2S/c17-11-5-7-12(8-6-11)18-16-19-15(21)14(22-16)9-10-3-1-2-4-13(10)20/h1-9,20H,(H,18,19,21). The van der Waals surface area contributed by atoms with Crippen LogP contribution in [0, 0.1) is 5.82 Å². The van der Waals surface area contributed by atoms with E-state index >= 15 is 0 Å². The van der Waals surface area contributed by atoms with Crippen molar-refractivity contribution in [2.24, 2.45) is 4.99 Å². The molecule has 22 heavy (non-hydrogen) atoms. The maximum atomic E-state index is 12.8. The van der Waals surface area contributed by atoms with E-state index in [1.807, 2.05) is 0 Å². The van der Waals surface area contributed by atoms with Crippen molar-refractivity contribution in [1.29, 1.82) is 0 Å². The number of rotatable bonds is 2. The van der Waals surface area contributed by atoms with E-state index in [2.05, 4.69) is 10.3 Å². The monoisotopic (exact) mass is 314 g/mol. The van der Waals surface area contributed by atoms with E-state index in [0.717, 1.165) is 0 Å². The third kappa shape index (κ3) is 3.17. The Bertz CT molecular complexity index is 785. The number of hydrogen-bond acceptors (Lipinski definition) is 4. The number of nitrogens with zero attached hydrogens (tertiary/aromatic N) is 1. The summed E-state index contributed by atoms with van der Waals surface area (Å²) in [6, 6.07) is 12.4. The van der Waals surface area contributed by atoms with Crippen LogP contribution >= 0.6 is 11.8 Å². The van der Waals surface area contributed by atoms with E-state index in [-0.39, 0.29) is 17.5 Å².